The lowest BCUT2D eigenvalue weighted by Gasteiger charge is -2.14. The van der Waals surface area contributed by atoms with Crippen molar-refractivity contribution >= 4 is 28.1 Å². The summed E-state index contributed by atoms with van der Waals surface area (Å²) < 4.78 is 27.8. The fourth-order valence-corrected chi connectivity index (χ4v) is 4.25. The van der Waals surface area contributed by atoms with Gasteiger partial charge in [0.15, 0.2) is 11.5 Å². The summed E-state index contributed by atoms with van der Waals surface area (Å²) in [5.74, 6) is 2.33. The molecule has 0 atom stereocenters. The molecule has 0 unspecified atom stereocenters. The van der Waals surface area contributed by atoms with Gasteiger partial charge in [-0.2, -0.15) is 0 Å². The van der Waals surface area contributed by atoms with Crippen molar-refractivity contribution in [3.63, 3.8) is 0 Å². The highest BCUT2D eigenvalue weighted by Gasteiger charge is 2.19. The lowest BCUT2D eigenvalue weighted by Crippen LogP contribution is -2.08. The number of hydrogen-bond acceptors (Lipinski definition) is 6. The number of carbonyl (C=O) groups is 1. The average Bonchev–Trinajstić information content (AvgIpc) is 3.32. The highest BCUT2D eigenvalue weighted by Crippen LogP contribution is 2.42. The summed E-state index contributed by atoms with van der Waals surface area (Å²) in [7, 11) is 6.40. The van der Waals surface area contributed by atoms with Crippen LogP contribution >= 0.6 is 0 Å². The molecule has 0 aliphatic heterocycles. The molecule has 7 nitrogen and oxygen atoms in total. The zero-order valence-electron chi connectivity index (χ0n) is 21.2. The van der Waals surface area contributed by atoms with Gasteiger partial charge in [0.05, 0.1) is 34.7 Å². The number of ether oxygens (including phenoxy) is 4. The third kappa shape index (κ3) is 4.73. The first-order valence-electron chi connectivity index (χ1n) is 11.3. The van der Waals surface area contributed by atoms with Gasteiger partial charge in [-0.15, -0.1) is 0 Å². The van der Waals surface area contributed by atoms with Crippen LogP contribution in [-0.2, 0) is 4.79 Å². The van der Waals surface area contributed by atoms with Gasteiger partial charge in [-0.25, -0.2) is 0 Å². The summed E-state index contributed by atoms with van der Waals surface area (Å²) in [4.78, 5) is 12.8. The molecule has 0 saturated carbocycles. The van der Waals surface area contributed by atoms with Crippen molar-refractivity contribution in [3.8, 4) is 34.1 Å². The number of hydrogen-bond donors (Lipinski definition) is 1. The largest absolute Gasteiger partial charge is 0.497 e. The van der Waals surface area contributed by atoms with E-state index in [0.29, 0.717) is 34.3 Å². The van der Waals surface area contributed by atoms with Gasteiger partial charge in [0.25, 0.3) is 0 Å². The van der Waals surface area contributed by atoms with Crippen LogP contribution in [0.2, 0.25) is 0 Å². The van der Waals surface area contributed by atoms with Crippen LogP contribution in [0.1, 0.15) is 18.1 Å². The monoisotopic (exact) mass is 487 g/mol. The summed E-state index contributed by atoms with van der Waals surface area (Å²) in [5, 5.41) is 3.78. The van der Waals surface area contributed by atoms with Crippen molar-refractivity contribution in [3.05, 3.63) is 72.0 Å². The molecular weight excluding hydrogens is 458 g/mol. The van der Waals surface area contributed by atoms with Gasteiger partial charge < -0.3 is 28.7 Å². The molecule has 0 spiro atoms. The molecule has 4 aromatic rings. The number of fused-ring (bicyclic) bond motifs is 1. The normalized spacial score (nSPS) is 11.3. The quantitative estimate of drug-likeness (QED) is 0.286. The Morgan fingerprint density at radius 2 is 1.69 bits per heavy atom. The summed E-state index contributed by atoms with van der Waals surface area (Å²) >= 11 is 0. The van der Waals surface area contributed by atoms with Crippen LogP contribution in [0.15, 0.2) is 65.3 Å². The van der Waals surface area contributed by atoms with Gasteiger partial charge >= 0.3 is 0 Å². The summed E-state index contributed by atoms with van der Waals surface area (Å²) in [6.07, 6.45) is 3.27. The Kier molecular flexibility index (Phi) is 7.20. The Morgan fingerprint density at radius 3 is 2.39 bits per heavy atom. The van der Waals surface area contributed by atoms with E-state index in [1.807, 2.05) is 50.2 Å². The number of benzene rings is 3. The Labute approximate surface area is 210 Å². The third-order valence-electron chi connectivity index (χ3n) is 6.05. The van der Waals surface area contributed by atoms with E-state index < -0.39 is 0 Å². The molecule has 1 amide bonds. The first-order valence-corrected chi connectivity index (χ1v) is 11.3. The minimum absolute atomic E-state index is 0.257. The molecule has 1 heterocycles. The molecule has 0 aliphatic rings. The van der Waals surface area contributed by atoms with Crippen LogP contribution in [0.25, 0.3) is 27.7 Å². The zero-order chi connectivity index (χ0) is 25.8. The fraction of sp³-hybridized carbons (Fsp3) is 0.207. The lowest BCUT2D eigenvalue weighted by molar-refractivity contribution is -0.111. The van der Waals surface area contributed by atoms with Gasteiger partial charge in [-0.1, -0.05) is 12.1 Å². The molecule has 1 N–H and O–H groups in total. The SMILES string of the molecule is COc1cccc(NC(=O)/C=C(\C)c2cc3c(-c4ccc(OC)c(OC)c4)coc3c(C)c2OC)c1. The van der Waals surface area contributed by atoms with Crippen LogP contribution in [0, 0.1) is 6.92 Å². The van der Waals surface area contributed by atoms with Gasteiger partial charge in [-0.05, 0) is 55.3 Å². The van der Waals surface area contributed by atoms with E-state index in [9.17, 15) is 4.79 Å². The van der Waals surface area contributed by atoms with Gasteiger partial charge in [-0.3, -0.25) is 4.79 Å². The first-order chi connectivity index (χ1) is 17.4. The number of allylic oxidation sites excluding steroid dienone is 1. The maximum absolute atomic E-state index is 12.8. The molecule has 4 rings (SSSR count). The van der Waals surface area contributed by atoms with Crippen LogP contribution in [0.5, 0.6) is 23.0 Å². The van der Waals surface area contributed by atoms with Crippen LogP contribution < -0.4 is 24.3 Å². The van der Waals surface area contributed by atoms with Crippen LogP contribution in [-0.4, -0.2) is 34.3 Å². The molecule has 1 aromatic heterocycles. The second-order valence-corrected chi connectivity index (χ2v) is 8.23. The number of anilines is 1. The number of amides is 1. The van der Waals surface area contributed by atoms with E-state index in [2.05, 4.69) is 5.32 Å². The van der Waals surface area contributed by atoms with Crippen molar-refractivity contribution < 1.29 is 28.2 Å². The van der Waals surface area contributed by atoms with E-state index in [0.717, 1.165) is 33.2 Å². The smallest absolute Gasteiger partial charge is 0.248 e. The molecule has 7 heteroatoms. The molecule has 0 aliphatic carbocycles. The Hall–Kier alpha value is -4.39. The molecule has 0 bridgehead atoms. The predicted octanol–water partition coefficient (Wildman–Crippen LogP) is 6.48. The number of rotatable bonds is 8. The summed E-state index contributed by atoms with van der Waals surface area (Å²) in [6.45, 7) is 3.82. The number of aryl methyl sites for hydroxylation is 1. The van der Waals surface area contributed by atoms with Crippen molar-refractivity contribution in [1.82, 2.24) is 0 Å². The number of methoxy groups -OCH3 is 4. The van der Waals surface area contributed by atoms with Crippen molar-refractivity contribution in [2.24, 2.45) is 0 Å². The Morgan fingerprint density at radius 1 is 0.917 bits per heavy atom. The van der Waals surface area contributed by atoms with Crippen LogP contribution in [0.4, 0.5) is 5.69 Å². The molecule has 186 valence electrons. The van der Waals surface area contributed by atoms with E-state index in [4.69, 9.17) is 23.4 Å². The molecular formula is C29H29NO6. The molecule has 0 radical (unpaired) electrons. The van der Waals surface area contributed by atoms with Gasteiger partial charge in [0.2, 0.25) is 5.91 Å². The van der Waals surface area contributed by atoms with E-state index in [1.165, 1.54) is 0 Å². The second-order valence-electron chi connectivity index (χ2n) is 8.23. The highest BCUT2D eigenvalue weighted by molar-refractivity contribution is 6.06. The molecule has 3 aromatic carbocycles. The lowest BCUT2D eigenvalue weighted by atomic mass is 9.96. The molecule has 36 heavy (non-hydrogen) atoms. The highest BCUT2D eigenvalue weighted by atomic mass is 16.5. The topological polar surface area (TPSA) is 79.2 Å². The van der Waals surface area contributed by atoms with Crippen molar-refractivity contribution in [1.29, 1.82) is 0 Å². The molecule has 0 fully saturated rings. The number of carbonyl (C=O) groups excluding carboxylic acids is 1. The van der Waals surface area contributed by atoms with E-state index in [1.54, 1.807) is 52.9 Å². The number of furan rings is 1. The second kappa shape index (κ2) is 10.5. The maximum atomic E-state index is 12.8. The van der Waals surface area contributed by atoms with E-state index >= 15 is 0 Å². The average molecular weight is 488 g/mol. The van der Waals surface area contributed by atoms with Crippen molar-refractivity contribution in [2.75, 3.05) is 33.8 Å². The third-order valence-corrected chi connectivity index (χ3v) is 6.05. The van der Waals surface area contributed by atoms with Crippen LogP contribution in [0.3, 0.4) is 0 Å². The minimum Gasteiger partial charge on any atom is -0.497 e. The summed E-state index contributed by atoms with van der Waals surface area (Å²) in [6, 6.07) is 14.9. The predicted molar refractivity (Wildman–Crippen MR) is 141 cm³/mol. The number of nitrogens with one attached hydrogen (secondary N) is 1. The zero-order valence-corrected chi connectivity index (χ0v) is 21.2. The standard InChI is InChI=1S/C29H29NO6/c1-17(12-27(31)30-20-8-7-9-21(14-20)32-3)22-15-23-24(16-36-29(23)18(2)28(22)35-6)19-10-11-25(33-4)26(13-19)34-5/h7-16H,1-6H3,(H,30,31)/b17-12+. The Bertz CT molecular complexity index is 1450. The minimum atomic E-state index is -0.257. The first kappa shape index (κ1) is 24.7. The fourth-order valence-electron chi connectivity index (χ4n) is 4.25. The summed E-state index contributed by atoms with van der Waals surface area (Å²) in [5.41, 5.74) is 5.56. The Balaban J connectivity index is 1.76. The van der Waals surface area contributed by atoms with Gasteiger partial charge in [0.1, 0.15) is 17.1 Å². The van der Waals surface area contributed by atoms with E-state index in [-0.39, 0.29) is 5.91 Å². The van der Waals surface area contributed by atoms with Gasteiger partial charge in [0, 0.05) is 39.9 Å². The van der Waals surface area contributed by atoms with Crippen molar-refractivity contribution in [2.45, 2.75) is 13.8 Å². The maximum Gasteiger partial charge on any atom is 0.248 e. The molecule has 0 saturated heterocycles.